The minimum atomic E-state index is 0.294. The van der Waals surface area contributed by atoms with Crippen LogP contribution in [0.3, 0.4) is 0 Å². The van der Waals surface area contributed by atoms with Gasteiger partial charge in [0.2, 0.25) is 0 Å². The average Bonchev–Trinajstić information content (AvgIpc) is 2.54. The molecular formula is C18H29NO2. The van der Waals surface area contributed by atoms with Gasteiger partial charge in [0.05, 0.1) is 14.2 Å². The molecule has 1 N–H and O–H groups in total. The summed E-state index contributed by atoms with van der Waals surface area (Å²) < 4.78 is 10.8. The van der Waals surface area contributed by atoms with Crippen molar-refractivity contribution < 1.29 is 9.47 Å². The fourth-order valence-electron chi connectivity index (χ4n) is 3.50. The normalized spacial score (nSPS) is 23.6. The van der Waals surface area contributed by atoms with Gasteiger partial charge in [-0.15, -0.1) is 0 Å². The molecule has 3 heteroatoms. The van der Waals surface area contributed by atoms with E-state index in [0.29, 0.717) is 12.1 Å². The Morgan fingerprint density at radius 3 is 2.62 bits per heavy atom. The van der Waals surface area contributed by atoms with Crippen LogP contribution in [0.25, 0.3) is 0 Å². The Labute approximate surface area is 129 Å². The van der Waals surface area contributed by atoms with Crippen LogP contribution in [0.5, 0.6) is 11.5 Å². The second-order valence-electron chi connectivity index (χ2n) is 6.06. The summed E-state index contributed by atoms with van der Waals surface area (Å²) in [6, 6.07) is 7.01. The van der Waals surface area contributed by atoms with Gasteiger partial charge in [-0.2, -0.15) is 0 Å². The van der Waals surface area contributed by atoms with Crippen LogP contribution >= 0.6 is 0 Å². The van der Waals surface area contributed by atoms with Gasteiger partial charge in [0.1, 0.15) is 11.5 Å². The molecule has 3 atom stereocenters. The van der Waals surface area contributed by atoms with Gasteiger partial charge in [-0.1, -0.05) is 32.3 Å². The third-order valence-corrected chi connectivity index (χ3v) is 4.80. The molecule has 0 amide bonds. The van der Waals surface area contributed by atoms with Gasteiger partial charge in [0.25, 0.3) is 0 Å². The largest absolute Gasteiger partial charge is 0.497 e. The van der Waals surface area contributed by atoms with Crippen molar-refractivity contribution in [1.82, 2.24) is 5.32 Å². The lowest BCUT2D eigenvalue weighted by Gasteiger charge is -2.34. The van der Waals surface area contributed by atoms with E-state index in [1.54, 1.807) is 14.2 Å². The highest BCUT2D eigenvalue weighted by molar-refractivity contribution is 5.42. The minimum Gasteiger partial charge on any atom is -0.497 e. The van der Waals surface area contributed by atoms with E-state index in [0.717, 1.165) is 17.4 Å². The molecule has 1 aromatic carbocycles. The zero-order chi connectivity index (χ0) is 15.2. The van der Waals surface area contributed by atoms with Crippen LogP contribution in [0.15, 0.2) is 18.2 Å². The van der Waals surface area contributed by atoms with E-state index in [9.17, 15) is 0 Å². The first-order valence-corrected chi connectivity index (χ1v) is 8.17. The van der Waals surface area contributed by atoms with Crippen molar-refractivity contribution in [2.24, 2.45) is 5.92 Å². The summed E-state index contributed by atoms with van der Waals surface area (Å²) in [6.45, 7) is 4.54. The lowest BCUT2D eigenvalue weighted by atomic mass is 9.82. The summed E-state index contributed by atoms with van der Waals surface area (Å²) in [5.74, 6) is 2.55. The van der Waals surface area contributed by atoms with Crippen molar-refractivity contribution in [3.8, 4) is 11.5 Å². The average molecular weight is 291 g/mol. The summed E-state index contributed by atoms with van der Waals surface area (Å²) in [7, 11) is 3.41. The van der Waals surface area contributed by atoms with Gasteiger partial charge >= 0.3 is 0 Å². The van der Waals surface area contributed by atoms with E-state index in [2.05, 4.69) is 25.2 Å². The number of nitrogens with one attached hydrogen (secondary N) is 1. The van der Waals surface area contributed by atoms with Crippen molar-refractivity contribution >= 4 is 0 Å². The van der Waals surface area contributed by atoms with E-state index >= 15 is 0 Å². The molecule has 3 nitrogen and oxygen atoms in total. The zero-order valence-electron chi connectivity index (χ0n) is 13.8. The fraction of sp³-hybridized carbons (Fsp3) is 0.667. The molecule has 0 radical (unpaired) electrons. The Balaban J connectivity index is 2.10. The highest BCUT2D eigenvalue weighted by atomic mass is 16.5. The van der Waals surface area contributed by atoms with E-state index in [1.165, 1.54) is 37.7 Å². The van der Waals surface area contributed by atoms with Gasteiger partial charge in [-0.25, -0.2) is 0 Å². The van der Waals surface area contributed by atoms with Crippen molar-refractivity contribution in [3.63, 3.8) is 0 Å². The molecule has 1 fully saturated rings. The molecule has 3 unspecified atom stereocenters. The SMILES string of the molecule is CCC1CCCCC1NC(C)c1ccc(OC)cc1OC. The van der Waals surface area contributed by atoms with Gasteiger partial charge < -0.3 is 14.8 Å². The third kappa shape index (κ3) is 3.91. The quantitative estimate of drug-likeness (QED) is 0.846. The van der Waals surface area contributed by atoms with Gasteiger partial charge in [-0.05, 0) is 31.7 Å². The number of rotatable bonds is 6. The Bertz CT molecular complexity index is 447. The molecule has 0 saturated heterocycles. The molecule has 21 heavy (non-hydrogen) atoms. The Morgan fingerprint density at radius 1 is 1.19 bits per heavy atom. The number of benzene rings is 1. The zero-order valence-corrected chi connectivity index (χ0v) is 13.8. The standard InChI is InChI=1S/C18H29NO2/c1-5-14-8-6-7-9-17(14)19-13(2)16-11-10-15(20-3)12-18(16)21-4/h10-14,17,19H,5-9H2,1-4H3. The Kier molecular flexibility index (Phi) is 5.92. The predicted octanol–water partition coefficient (Wildman–Crippen LogP) is 4.32. The van der Waals surface area contributed by atoms with E-state index in [4.69, 9.17) is 9.47 Å². The molecule has 1 aliphatic carbocycles. The molecule has 0 spiro atoms. The van der Waals surface area contributed by atoms with Crippen molar-refractivity contribution in [2.45, 2.75) is 58.0 Å². The Morgan fingerprint density at radius 2 is 1.95 bits per heavy atom. The molecule has 2 rings (SSSR count). The molecule has 0 aromatic heterocycles. The summed E-state index contributed by atoms with van der Waals surface area (Å²) in [4.78, 5) is 0. The molecule has 0 heterocycles. The van der Waals surface area contributed by atoms with Crippen LogP contribution in [-0.2, 0) is 0 Å². The monoisotopic (exact) mass is 291 g/mol. The molecule has 1 aromatic rings. The van der Waals surface area contributed by atoms with Crippen LogP contribution < -0.4 is 14.8 Å². The molecular weight excluding hydrogens is 262 g/mol. The highest BCUT2D eigenvalue weighted by Crippen LogP contribution is 2.32. The molecule has 1 aliphatic rings. The molecule has 1 saturated carbocycles. The maximum absolute atomic E-state index is 5.53. The second-order valence-corrected chi connectivity index (χ2v) is 6.06. The van der Waals surface area contributed by atoms with Crippen molar-refractivity contribution in [1.29, 1.82) is 0 Å². The number of ether oxygens (including phenoxy) is 2. The van der Waals surface area contributed by atoms with Crippen LogP contribution in [0.4, 0.5) is 0 Å². The van der Waals surface area contributed by atoms with Crippen molar-refractivity contribution in [3.05, 3.63) is 23.8 Å². The molecule has 118 valence electrons. The maximum atomic E-state index is 5.53. The summed E-state index contributed by atoms with van der Waals surface area (Å²) >= 11 is 0. The summed E-state index contributed by atoms with van der Waals surface area (Å²) in [5.41, 5.74) is 1.21. The van der Waals surface area contributed by atoms with Crippen LogP contribution in [0, 0.1) is 5.92 Å². The first-order chi connectivity index (χ1) is 10.2. The van der Waals surface area contributed by atoms with Crippen LogP contribution in [0.2, 0.25) is 0 Å². The summed E-state index contributed by atoms with van der Waals surface area (Å²) in [6.07, 6.45) is 6.66. The third-order valence-electron chi connectivity index (χ3n) is 4.80. The highest BCUT2D eigenvalue weighted by Gasteiger charge is 2.25. The van der Waals surface area contributed by atoms with E-state index in [-0.39, 0.29) is 0 Å². The van der Waals surface area contributed by atoms with Gasteiger partial charge in [0.15, 0.2) is 0 Å². The van der Waals surface area contributed by atoms with Crippen LogP contribution in [0.1, 0.15) is 57.6 Å². The van der Waals surface area contributed by atoms with Gasteiger partial charge in [-0.3, -0.25) is 0 Å². The lowest BCUT2D eigenvalue weighted by Crippen LogP contribution is -2.39. The first-order valence-electron chi connectivity index (χ1n) is 8.17. The topological polar surface area (TPSA) is 30.5 Å². The number of hydrogen-bond acceptors (Lipinski definition) is 3. The summed E-state index contributed by atoms with van der Waals surface area (Å²) in [5, 5.41) is 3.83. The smallest absolute Gasteiger partial charge is 0.127 e. The second kappa shape index (κ2) is 7.69. The van der Waals surface area contributed by atoms with E-state index < -0.39 is 0 Å². The number of hydrogen-bond donors (Lipinski definition) is 1. The van der Waals surface area contributed by atoms with E-state index in [1.807, 2.05) is 12.1 Å². The first kappa shape index (κ1) is 16.2. The maximum Gasteiger partial charge on any atom is 0.127 e. The number of methoxy groups -OCH3 is 2. The Hall–Kier alpha value is -1.22. The lowest BCUT2D eigenvalue weighted by molar-refractivity contribution is 0.239. The van der Waals surface area contributed by atoms with Crippen molar-refractivity contribution in [2.75, 3.05) is 14.2 Å². The molecule has 0 aliphatic heterocycles. The predicted molar refractivity (Wildman–Crippen MR) is 87.1 cm³/mol. The van der Waals surface area contributed by atoms with Crippen LogP contribution in [-0.4, -0.2) is 20.3 Å². The fourth-order valence-corrected chi connectivity index (χ4v) is 3.50. The van der Waals surface area contributed by atoms with Gasteiger partial charge in [0, 0.05) is 23.7 Å². The minimum absolute atomic E-state index is 0.294. The molecule has 0 bridgehead atoms.